The lowest BCUT2D eigenvalue weighted by Crippen LogP contribution is -2.25. The molecule has 4 heteroatoms. The van der Waals surface area contributed by atoms with E-state index in [9.17, 15) is 8.78 Å². The van der Waals surface area contributed by atoms with Crippen molar-refractivity contribution in [3.05, 3.63) is 95.8 Å². The molecule has 158 valence electrons. The number of nitrogens with zero attached hydrogens (tertiary/aromatic N) is 2. The summed E-state index contributed by atoms with van der Waals surface area (Å²) in [5, 5.41) is 6.54. The molecule has 0 fully saturated rings. The SMILES string of the molecule is CC1(C)c2nc3ccccc3cc2-c2nccc3c2c1cc1c2cc(F)c(F)cc2ccc31. The first-order valence-corrected chi connectivity index (χ1v) is 11.0. The first kappa shape index (κ1) is 18.6. The molecule has 7 rings (SSSR count). The van der Waals surface area contributed by atoms with Crippen molar-refractivity contribution >= 4 is 43.2 Å². The molecule has 0 saturated carbocycles. The van der Waals surface area contributed by atoms with Crippen LogP contribution in [0, 0.1) is 11.6 Å². The number of benzene rings is 4. The van der Waals surface area contributed by atoms with Crippen LogP contribution < -0.4 is 0 Å². The largest absolute Gasteiger partial charge is 0.256 e. The minimum atomic E-state index is -0.836. The maximum Gasteiger partial charge on any atom is 0.159 e. The van der Waals surface area contributed by atoms with Gasteiger partial charge in [0.15, 0.2) is 11.6 Å². The third-order valence-corrected chi connectivity index (χ3v) is 7.15. The maximum atomic E-state index is 14.3. The summed E-state index contributed by atoms with van der Waals surface area (Å²) < 4.78 is 28.2. The fourth-order valence-electron chi connectivity index (χ4n) is 5.50. The lowest BCUT2D eigenvalue weighted by atomic mass is 9.71. The van der Waals surface area contributed by atoms with Gasteiger partial charge in [-0.25, -0.2) is 8.78 Å². The highest BCUT2D eigenvalue weighted by molar-refractivity contribution is 6.21. The first-order valence-electron chi connectivity index (χ1n) is 11.0. The van der Waals surface area contributed by atoms with Crippen LogP contribution in [0.1, 0.15) is 25.1 Å². The predicted octanol–water partition coefficient (Wildman–Crippen LogP) is 7.67. The Morgan fingerprint density at radius 2 is 1.55 bits per heavy atom. The molecule has 0 unspecified atom stereocenters. The van der Waals surface area contributed by atoms with Gasteiger partial charge in [0.1, 0.15) is 0 Å². The van der Waals surface area contributed by atoms with Gasteiger partial charge in [0, 0.05) is 27.9 Å². The first-order chi connectivity index (χ1) is 15.9. The van der Waals surface area contributed by atoms with Crippen molar-refractivity contribution < 1.29 is 8.78 Å². The number of rotatable bonds is 0. The van der Waals surface area contributed by atoms with Gasteiger partial charge in [-0.3, -0.25) is 9.97 Å². The van der Waals surface area contributed by atoms with Gasteiger partial charge in [-0.05, 0) is 68.9 Å². The molecule has 0 aliphatic heterocycles. The number of hydrogen-bond acceptors (Lipinski definition) is 2. The van der Waals surface area contributed by atoms with E-state index in [1.165, 1.54) is 12.1 Å². The Bertz CT molecular complexity index is 1820. The number of hydrogen-bond donors (Lipinski definition) is 0. The summed E-state index contributed by atoms with van der Waals surface area (Å²) in [6.07, 6.45) is 1.83. The number of pyridine rings is 2. The molecule has 0 radical (unpaired) electrons. The molecule has 2 heterocycles. The second kappa shape index (κ2) is 6.10. The van der Waals surface area contributed by atoms with Gasteiger partial charge in [0.05, 0.1) is 16.9 Å². The molecule has 4 aromatic carbocycles. The normalized spacial score (nSPS) is 14.3. The highest BCUT2D eigenvalue weighted by Crippen LogP contribution is 2.50. The average Bonchev–Trinajstić information content (AvgIpc) is 2.82. The van der Waals surface area contributed by atoms with Crippen LogP contribution in [0.3, 0.4) is 0 Å². The molecular weight excluding hydrogens is 414 g/mol. The minimum Gasteiger partial charge on any atom is -0.256 e. The Morgan fingerprint density at radius 1 is 0.727 bits per heavy atom. The van der Waals surface area contributed by atoms with E-state index in [0.29, 0.717) is 10.8 Å². The molecule has 1 aliphatic rings. The van der Waals surface area contributed by atoms with E-state index in [1.54, 1.807) is 0 Å². The molecule has 0 spiro atoms. The number of aromatic nitrogens is 2. The summed E-state index contributed by atoms with van der Waals surface area (Å²) in [6.45, 7) is 4.35. The van der Waals surface area contributed by atoms with Crippen molar-refractivity contribution in [3.8, 4) is 11.3 Å². The number of fused-ring (bicyclic) bond motifs is 7. The van der Waals surface area contributed by atoms with Crippen molar-refractivity contribution in [1.29, 1.82) is 0 Å². The molecule has 6 aromatic rings. The zero-order chi connectivity index (χ0) is 22.5. The van der Waals surface area contributed by atoms with Gasteiger partial charge in [-0.1, -0.05) is 44.2 Å². The highest BCUT2D eigenvalue weighted by atomic mass is 19.2. The van der Waals surface area contributed by atoms with Crippen LogP contribution in [0.4, 0.5) is 8.78 Å². The second-order valence-electron chi connectivity index (χ2n) is 9.36. The molecule has 2 aromatic heterocycles. The maximum absolute atomic E-state index is 14.3. The zero-order valence-electron chi connectivity index (χ0n) is 18.1. The lowest BCUT2D eigenvalue weighted by molar-refractivity contribution is 0.511. The van der Waals surface area contributed by atoms with Crippen LogP contribution in [-0.2, 0) is 5.41 Å². The van der Waals surface area contributed by atoms with Crippen molar-refractivity contribution in [2.45, 2.75) is 19.3 Å². The predicted molar refractivity (Wildman–Crippen MR) is 130 cm³/mol. The smallest absolute Gasteiger partial charge is 0.159 e. The summed E-state index contributed by atoms with van der Waals surface area (Å²) in [6, 6.07) is 20.9. The molecule has 0 N–H and O–H groups in total. The Morgan fingerprint density at radius 3 is 2.42 bits per heavy atom. The molecule has 0 saturated heterocycles. The van der Waals surface area contributed by atoms with Gasteiger partial charge >= 0.3 is 0 Å². The Labute approximate surface area is 188 Å². The second-order valence-corrected chi connectivity index (χ2v) is 9.36. The van der Waals surface area contributed by atoms with Crippen molar-refractivity contribution in [2.24, 2.45) is 0 Å². The van der Waals surface area contributed by atoms with Crippen LogP contribution in [0.5, 0.6) is 0 Å². The minimum absolute atomic E-state index is 0.400. The van der Waals surface area contributed by atoms with Gasteiger partial charge < -0.3 is 0 Å². The summed E-state index contributed by atoms with van der Waals surface area (Å²) in [7, 11) is 0. The Balaban J connectivity index is 1.70. The number of halogens is 2. The molecule has 1 aliphatic carbocycles. The Hall–Kier alpha value is -3.92. The third kappa shape index (κ3) is 2.35. The van der Waals surface area contributed by atoms with Crippen LogP contribution in [0.2, 0.25) is 0 Å². The lowest BCUT2D eigenvalue weighted by Gasteiger charge is -2.34. The summed E-state index contributed by atoms with van der Waals surface area (Å²) >= 11 is 0. The zero-order valence-corrected chi connectivity index (χ0v) is 18.1. The van der Waals surface area contributed by atoms with Gasteiger partial charge in [0.2, 0.25) is 0 Å². The van der Waals surface area contributed by atoms with Crippen molar-refractivity contribution in [1.82, 2.24) is 9.97 Å². The number of para-hydroxylation sites is 1. The molecular formula is C29H18F2N2. The molecule has 33 heavy (non-hydrogen) atoms. The van der Waals surface area contributed by atoms with Crippen molar-refractivity contribution in [3.63, 3.8) is 0 Å². The fourth-order valence-corrected chi connectivity index (χ4v) is 5.50. The van der Waals surface area contributed by atoms with Gasteiger partial charge in [-0.15, -0.1) is 0 Å². The topological polar surface area (TPSA) is 25.8 Å². The fraction of sp³-hybridized carbons (Fsp3) is 0.103. The quantitative estimate of drug-likeness (QED) is 0.230. The molecule has 0 atom stereocenters. The van der Waals surface area contributed by atoms with Crippen LogP contribution in [0.15, 0.2) is 72.9 Å². The van der Waals surface area contributed by atoms with E-state index in [-0.39, 0.29) is 0 Å². The van der Waals surface area contributed by atoms with Gasteiger partial charge in [-0.2, -0.15) is 0 Å². The third-order valence-electron chi connectivity index (χ3n) is 7.15. The van der Waals surface area contributed by atoms with Crippen molar-refractivity contribution in [2.75, 3.05) is 0 Å². The average molecular weight is 432 g/mol. The summed E-state index contributed by atoms with van der Waals surface area (Å²) in [5.74, 6) is -1.67. The standard InChI is InChI=1S/C29H18F2N2/c1-29(2)22-13-20-17(8-7-15-12-23(30)24(31)14-19(15)20)18-9-10-32-27(26(18)22)21-11-16-5-3-4-6-25(16)33-28(21)29/h3-14H,1-2H3. The molecule has 0 bridgehead atoms. The Kier molecular flexibility index (Phi) is 3.45. The van der Waals surface area contributed by atoms with Crippen LogP contribution >= 0.6 is 0 Å². The van der Waals surface area contributed by atoms with E-state index in [0.717, 1.165) is 55.0 Å². The molecule has 2 nitrogen and oxygen atoms in total. The van der Waals surface area contributed by atoms with E-state index < -0.39 is 17.0 Å². The van der Waals surface area contributed by atoms with E-state index in [2.05, 4.69) is 32.0 Å². The van der Waals surface area contributed by atoms with Gasteiger partial charge in [0.25, 0.3) is 0 Å². The van der Waals surface area contributed by atoms with E-state index in [1.807, 2.05) is 42.6 Å². The summed E-state index contributed by atoms with van der Waals surface area (Å²) in [5.41, 5.74) is 4.59. The molecule has 0 amide bonds. The van der Waals surface area contributed by atoms with Crippen LogP contribution in [0.25, 0.3) is 54.5 Å². The van der Waals surface area contributed by atoms with E-state index >= 15 is 0 Å². The monoisotopic (exact) mass is 432 g/mol. The van der Waals surface area contributed by atoms with Crippen LogP contribution in [-0.4, -0.2) is 9.97 Å². The highest BCUT2D eigenvalue weighted by Gasteiger charge is 2.36. The van der Waals surface area contributed by atoms with E-state index in [4.69, 9.17) is 9.97 Å². The summed E-state index contributed by atoms with van der Waals surface area (Å²) in [4.78, 5) is 9.87.